The molecule has 124 valence electrons. The summed E-state index contributed by atoms with van der Waals surface area (Å²) in [6.07, 6.45) is 6.47. The number of benzene rings is 1. The van der Waals surface area contributed by atoms with Crippen molar-refractivity contribution in [2.24, 2.45) is 17.8 Å². The van der Waals surface area contributed by atoms with Crippen LogP contribution in [0.5, 0.6) is 0 Å². The zero-order chi connectivity index (χ0) is 16.2. The topological polar surface area (TPSA) is 55.4 Å². The Morgan fingerprint density at radius 2 is 2.04 bits per heavy atom. The van der Waals surface area contributed by atoms with E-state index in [1.54, 1.807) is 18.2 Å². The van der Waals surface area contributed by atoms with Crippen molar-refractivity contribution < 1.29 is 14.3 Å². The van der Waals surface area contributed by atoms with E-state index >= 15 is 0 Å². The largest absolute Gasteiger partial charge is 0.462 e. The molecule has 0 spiro atoms. The highest BCUT2D eigenvalue weighted by Gasteiger charge is 2.43. The SMILES string of the molecule is CCCCOC(=O)c1ccccc1NC(=O)C1CC2CCC1C2. The third-order valence-electron chi connectivity index (χ3n) is 5.21. The Kier molecular flexibility index (Phi) is 4.99. The maximum Gasteiger partial charge on any atom is 0.340 e. The predicted octanol–water partition coefficient (Wildman–Crippen LogP) is 4.02. The highest BCUT2D eigenvalue weighted by Crippen LogP contribution is 2.48. The van der Waals surface area contributed by atoms with Crippen molar-refractivity contribution in [3.05, 3.63) is 29.8 Å². The number of hydrogen-bond donors (Lipinski definition) is 1. The van der Waals surface area contributed by atoms with Gasteiger partial charge in [0.25, 0.3) is 0 Å². The first-order valence-corrected chi connectivity index (χ1v) is 8.76. The molecule has 2 aliphatic carbocycles. The van der Waals surface area contributed by atoms with Gasteiger partial charge in [-0.3, -0.25) is 4.79 Å². The molecule has 0 radical (unpaired) electrons. The van der Waals surface area contributed by atoms with Crippen LogP contribution in [0.2, 0.25) is 0 Å². The molecule has 0 aliphatic heterocycles. The van der Waals surface area contributed by atoms with Gasteiger partial charge in [0.1, 0.15) is 0 Å². The first-order valence-electron chi connectivity index (χ1n) is 8.76. The van der Waals surface area contributed by atoms with Crippen LogP contribution < -0.4 is 5.32 Å². The summed E-state index contributed by atoms with van der Waals surface area (Å²) in [7, 11) is 0. The van der Waals surface area contributed by atoms with Crippen molar-refractivity contribution in [3.63, 3.8) is 0 Å². The highest BCUT2D eigenvalue weighted by atomic mass is 16.5. The van der Waals surface area contributed by atoms with E-state index in [0.717, 1.165) is 25.2 Å². The van der Waals surface area contributed by atoms with Gasteiger partial charge in [-0.25, -0.2) is 4.79 Å². The summed E-state index contributed by atoms with van der Waals surface area (Å²) >= 11 is 0. The van der Waals surface area contributed by atoms with Crippen molar-refractivity contribution in [2.45, 2.75) is 45.4 Å². The van der Waals surface area contributed by atoms with E-state index in [2.05, 4.69) is 12.2 Å². The van der Waals surface area contributed by atoms with Crippen LogP contribution in [0.3, 0.4) is 0 Å². The molecule has 1 amide bonds. The molecule has 3 unspecified atom stereocenters. The average Bonchev–Trinajstić information content (AvgIpc) is 3.18. The van der Waals surface area contributed by atoms with Crippen molar-refractivity contribution >= 4 is 17.6 Å². The predicted molar refractivity (Wildman–Crippen MR) is 89.2 cm³/mol. The quantitative estimate of drug-likeness (QED) is 0.637. The molecule has 2 saturated carbocycles. The first kappa shape index (κ1) is 16.0. The van der Waals surface area contributed by atoms with Crippen molar-refractivity contribution in [1.82, 2.24) is 0 Å². The van der Waals surface area contributed by atoms with E-state index in [1.165, 1.54) is 19.3 Å². The number of carbonyl (C=O) groups is 2. The number of ether oxygens (including phenoxy) is 1. The zero-order valence-electron chi connectivity index (χ0n) is 13.7. The number of rotatable bonds is 6. The molecule has 1 N–H and O–H groups in total. The summed E-state index contributed by atoms with van der Waals surface area (Å²) < 4.78 is 5.28. The number of amides is 1. The van der Waals surface area contributed by atoms with Gasteiger partial charge in [0.15, 0.2) is 0 Å². The standard InChI is InChI=1S/C19H25NO3/c1-2-3-10-23-19(22)15-6-4-5-7-17(15)20-18(21)16-12-13-8-9-14(16)11-13/h4-7,13-14,16H,2-3,8-12H2,1H3,(H,20,21). The van der Waals surface area contributed by atoms with Crippen molar-refractivity contribution in [3.8, 4) is 0 Å². The molecule has 4 heteroatoms. The Hall–Kier alpha value is -1.84. The summed E-state index contributed by atoms with van der Waals surface area (Å²) in [6, 6.07) is 7.12. The first-order chi connectivity index (χ1) is 11.2. The molecule has 2 aliphatic rings. The van der Waals surface area contributed by atoms with Gasteiger partial charge >= 0.3 is 5.97 Å². The number of nitrogens with one attached hydrogen (secondary N) is 1. The fraction of sp³-hybridized carbons (Fsp3) is 0.579. The summed E-state index contributed by atoms with van der Waals surface area (Å²) in [4.78, 5) is 24.8. The van der Waals surface area contributed by atoms with E-state index < -0.39 is 0 Å². The van der Waals surface area contributed by atoms with Crippen LogP contribution in [0.15, 0.2) is 24.3 Å². The molecular formula is C19H25NO3. The number of carbonyl (C=O) groups excluding carboxylic acids is 2. The van der Waals surface area contributed by atoms with E-state index in [9.17, 15) is 9.59 Å². The monoisotopic (exact) mass is 315 g/mol. The lowest BCUT2D eigenvalue weighted by molar-refractivity contribution is -0.121. The minimum Gasteiger partial charge on any atom is -0.462 e. The minimum absolute atomic E-state index is 0.0611. The maximum atomic E-state index is 12.6. The number of hydrogen-bond acceptors (Lipinski definition) is 3. The fourth-order valence-electron chi connectivity index (χ4n) is 3.95. The Morgan fingerprint density at radius 3 is 2.74 bits per heavy atom. The summed E-state index contributed by atoms with van der Waals surface area (Å²) in [5.74, 6) is 1.07. The van der Waals surface area contributed by atoms with E-state index in [-0.39, 0.29) is 17.8 Å². The molecule has 4 nitrogen and oxygen atoms in total. The molecule has 3 rings (SSSR count). The molecule has 1 aromatic carbocycles. The van der Waals surface area contributed by atoms with Crippen LogP contribution in [-0.2, 0) is 9.53 Å². The summed E-state index contributed by atoms with van der Waals surface area (Å²) in [6.45, 7) is 2.47. The van der Waals surface area contributed by atoms with Gasteiger partial charge < -0.3 is 10.1 Å². The van der Waals surface area contributed by atoms with E-state index in [4.69, 9.17) is 4.74 Å². The smallest absolute Gasteiger partial charge is 0.340 e. The van der Waals surface area contributed by atoms with Gasteiger partial charge in [-0.1, -0.05) is 31.9 Å². The maximum absolute atomic E-state index is 12.6. The van der Waals surface area contributed by atoms with Crippen LogP contribution >= 0.6 is 0 Å². The third-order valence-corrected chi connectivity index (χ3v) is 5.21. The molecule has 3 atom stereocenters. The molecule has 23 heavy (non-hydrogen) atoms. The lowest BCUT2D eigenvalue weighted by atomic mass is 9.88. The number of fused-ring (bicyclic) bond motifs is 2. The van der Waals surface area contributed by atoms with Crippen LogP contribution in [0.25, 0.3) is 0 Å². The van der Waals surface area contributed by atoms with Crippen LogP contribution in [0, 0.1) is 17.8 Å². The molecule has 1 aromatic rings. The van der Waals surface area contributed by atoms with Gasteiger partial charge in [-0.15, -0.1) is 0 Å². The molecule has 0 saturated heterocycles. The second-order valence-corrected chi connectivity index (χ2v) is 6.81. The minimum atomic E-state index is -0.359. The molecule has 2 fully saturated rings. The Balaban J connectivity index is 1.65. The summed E-state index contributed by atoms with van der Waals surface area (Å²) in [5, 5.41) is 2.97. The zero-order valence-corrected chi connectivity index (χ0v) is 13.7. The van der Waals surface area contributed by atoms with Crippen LogP contribution in [-0.4, -0.2) is 18.5 Å². The Morgan fingerprint density at radius 1 is 1.22 bits per heavy atom. The normalized spacial score (nSPS) is 25.3. The second kappa shape index (κ2) is 7.16. The lowest BCUT2D eigenvalue weighted by Crippen LogP contribution is -2.28. The fourth-order valence-corrected chi connectivity index (χ4v) is 3.95. The van der Waals surface area contributed by atoms with Gasteiger partial charge in [0.2, 0.25) is 5.91 Å². The number of anilines is 1. The lowest BCUT2D eigenvalue weighted by Gasteiger charge is -2.21. The number of para-hydroxylation sites is 1. The third kappa shape index (κ3) is 3.57. The Bertz CT molecular complexity index is 584. The highest BCUT2D eigenvalue weighted by molar-refractivity contribution is 6.02. The van der Waals surface area contributed by atoms with Gasteiger partial charge in [-0.05, 0) is 49.7 Å². The van der Waals surface area contributed by atoms with Gasteiger partial charge in [-0.2, -0.15) is 0 Å². The van der Waals surface area contributed by atoms with Crippen molar-refractivity contribution in [1.29, 1.82) is 0 Å². The second-order valence-electron chi connectivity index (χ2n) is 6.81. The molecular weight excluding hydrogens is 290 g/mol. The number of esters is 1. The van der Waals surface area contributed by atoms with Gasteiger partial charge in [0, 0.05) is 5.92 Å². The van der Waals surface area contributed by atoms with Crippen LogP contribution in [0.4, 0.5) is 5.69 Å². The van der Waals surface area contributed by atoms with Crippen molar-refractivity contribution in [2.75, 3.05) is 11.9 Å². The molecule has 0 aromatic heterocycles. The van der Waals surface area contributed by atoms with Gasteiger partial charge in [0.05, 0.1) is 17.9 Å². The van der Waals surface area contributed by atoms with Crippen LogP contribution in [0.1, 0.15) is 55.8 Å². The number of unbranched alkanes of at least 4 members (excludes halogenated alkanes) is 1. The summed E-state index contributed by atoms with van der Waals surface area (Å²) in [5.41, 5.74) is 1.02. The molecule has 0 heterocycles. The van der Waals surface area contributed by atoms with E-state index in [0.29, 0.717) is 23.8 Å². The van der Waals surface area contributed by atoms with E-state index in [1.807, 2.05) is 6.07 Å². The molecule has 2 bridgehead atoms. The Labute approximate surface area is 137 Å². The average molecular weight is 315 g/mol.